The largest absolute Gasteiger partial charge is 0.497 e. The molecule has 0 saturated carbocycles. The first-order valence-corrected chi connectivity index (χ1v) is 12.5. The second-order valence-corrected chi connectivity index (χ2v) is 9.66. The smallest absolute Gasteiger partial charge is 0.266 e. The molecule has 2 atom stereocenters. The summed E-state index contributed by atoms with van der Waals surface area (Å²) in [5.74, 6) is 0.760. The zero-order valence-corrected chi connectivity index (χ0v) is 20.5. The Hall–Kier alpha value is -3.20. The molecule has 180 valence electrons. The molecule has 0 bridgehead atoms. The van der Waals surface area contributed by atoms with E-state index in [0.717, 1.165) is 17.4 Å². The van der Waals surface area contributed by atoms with Gasteiger partial charge in [-0.05, 0) is 61.4 Å². The maximum absolute atomic E-state index is 13.4. The molecule has 0 spiro atoms. The van der Waals surface area contributed by atoms with Gasteiger partial charge in [-0.2, -0.15) is 8.42 Å². The highest BCUT2D eigenvalue weighted by atomic mass is 32.2. The molecule has 0 aromatic heterocycles. The lowest BCUT2D eigenvalue weighted by molar-refractivity contribution is 0.0358. The van der Waals surface area contributed by atoms with Crippen LogP contribution in [-0.4, -0.2) is 33.3 Å². The molecule has 7 nitrogen and oxygen atoms in total. The molecule has 0 aliphatic carbocycles. The third-order valence-corrected chi connectivity index (χ3v) is 5.86. The summed E-state index contributed by atoms with van der Waals surface area (Å²) < 4.78 is 40.2. The lowest BCUT2D eigenvalue weighted by Crippen LogP contribution is -2.53. The third-order valence-electron chi connectivity index (χ3n) is 5.22. The van der Waals surface area contributed by atoms with Gasteiger partial charge in [0, 0.05) is 11.6 Å². The van der Waals surface area contributed by atoms with Crippen molar-refractivity contribution in [1.82, 2.24) is 5.32 Å². The molecule has 8 heteroatoms. The van der Waals surface area contributed by atoms with Gasteiger partial charge in [0.15, 0.2) is 5.72 Å². The second-order valence-electron chi connectivity index (χ2n) is 8.09. The number of Topliss-reactive ketones (excluding diaryl/α,β-unsaturated/α-hetero) is 1. The van der Waals surface area contributed by atoms with E-state index in [1.807, 2.05) is 49.4 Å². The summed E-state index contributed by atoms with van der Waals surface area (Å²) in [6, 6.07) is 23.1. The molecule has 0 heterocycles. The number of hydrogen-bond donors (Lipinski definition) is 1. The lowest BCUT2D eigenvalue weighted by Gasteiger charge is -2.31. The van der Waals surface area contributed by atoms with Crippen LogP contribution in [0.5, 0.6) is 11.5 Å². The fourth-order valence-electron chi connectivity index (χ4n) is 3.54. The normalized spacial score (nSPS) is 14.1. The van der Waals surface area contributed by atoms with Crippen LogP contribution >= 0.6 is 0 Å². The molecule has 3 rings (SSSR count). The summed E-state index contributed by atoms with van der Waals surface area (Å²) in [5, 5.41) is 3.04. The van der Waals surface area contributed by atoms with Crippen LogP contribution in [0.3, 0.4) is 0 Å². The first-order valence-electron chi connectivity index (χ1n) is 10.7. The molecule has 34 heavy (non-hydrogen) atoms. The minimum atomic E-state index is -3.95. The Bertz CT molecular complexity index is 1190. The number of nitrogens with one attached hydrogen (secondary N) is 1. The summed E-state index contributed by atoms with van der Waals surface area (Å²) in [5.41, 5.74) is 0.321. The van der Waals surface area contributed by atoms with Gasteiger partial charge in [-0.25, -0.2) is 4.18 Å². The first-order chi connectivity index (χ1) is 16.1. The topological polar surface area (TPSA) is 90.9 Å². The van der Waals surface area contributed by atoms with E-state index in [1.54, 1.807) is 43.5 Å². The summed E-state index contributed by atoms with van der Waals surface area (Å²) in [7, 11) is -2.37. The number of hydrogen-bond acceptors (Lipinski definition) is 7. The molecular formula is C26H29NO6S. The Labute approximate surface area is 200 Å². The summed E-state index contributed by atoms with van der Waals surface area (Å²) >= 11 is 0. The number of benzene rings is 3. The van der Waals surface area contributed by atoms with Crippen molar-refractivity contribution in [3.63, 3.8) is 0 Å². The SMILES string of the molecule is COc1ccc([C@@H](C)N[C@@](C)(OS(C)(=O)=O)C(=O)c2ccc(OCc3ccccc3)cc2)cc1. The summed E-state index contributed by atoms with van der Waals surface area (Å²) in [6.45, 7) is 3.62. The van der Waals surface area contributed by atoms with Crippen LogP contribution in [0, 0.1) is 0 Å². The lowest BCUT2D eigenvalue weighted by atomic mass is 9.99. The van der Waals surface area contributed by atoms with Crippen molar-refractivity contribution in [3.05, 3.63) is 95.6 Å². The first kappa shape index (κ1) is 25.4. The van der Waals surface area contributed by atoms with Crippen molar-refractivity contribution in [1.29, 1.82) is 0 Å². The van der Waals surface area contributed by atoms with Crippen molar-refractivity contribution in [2.24, 2.45) is 0 Å². The standard InChI is InChI=1S/C26H29NO6S/c1-19(21-10-14-23(31-3)15-11-21)27-26(2,33-34(4,29)30)25(28)22-12-16-24(17-13-22)32-18-20-8-6-5-7-9-20/h5-17,19,27H,18H2,1-4H3/t19-,26+/m1/s1. The van der Waals surface area contributed by atoms with Crippen molar-refractivity contribution in [3.8, 4) is 11.5 Å². The Balaban J connectivity index is 1.77. The minimum Gasteiger partial charge on any atom is -0.497 e. The maximum Gasteiger partial charge on any atom is 0.266 e. The van der Waals surface area contributed by atoms with Crippen LogP contribution in [0.25, 0.3) is 0 Å². The fourth-order valence-corrected chi connectivity index (χ4v) is 4.27. The predicted octanol–water partition coefficient (Wildman–Crippen LogP) is 4.50. The van der Waals surface area contributed by atoms with Crippen LogP contribution in [0.4, 0.5) is 0 Å². The van der Waals surface area contributed by atoms with Gasteiger partial charge >= 0.3 is 0 Å². The van der Waals surface area contributed by atoms with Gasteiger partial charge in [0.2, 0.25) is 5.78 Å². The van der Waals surface area contributed by atoms with Crippen molar-refractivity contribution < 1.29 is 26.9 Å². The fraction of sp³-hybridized carbons (Fsp3) is 0.269. The monoisotopic (exact) mass is 483 g/mol. The van der Waals surface area contributed by atoms with Crippen molar-refractivity contribution in [2.75, 3.05) is 13.4 Å². The van der Waals surface area contributed by atoms with Gasteiger partial charge in [0.1, 0.15) is 18.1 Å². The van der Waals surface area contributed by atoms with E-state index in [2.05, 4.69) is 5.32 Å². The Kier molecular flexibility index (Phi) is 8.09. The van der Waals surface area contributed by atoms with Crippen molar-refractivity contribution >= 4 is 15.9 Å². The van der Waals surface area contributed by atoms with E-state index >= 15 is 0 Å². The van der Waals surface area contributed by atoms with E-state index < -0.39 is 27.7 Å². The van der Waals surface area contributed by atoms with Gasteiger partial charge < -0.3 is 9.47 Å². The quantitative estimate of drug-likeness (QED) is 0.244. The number of methoxy groups -OCH3 is 1. The maximum atomic E-state index is 13.4. The Morgan fingerprint density at radius 2 is 1.53 bits per heavy atom. The highest BCUT2D eigenvalue weighted by Crippen LogP contribution is 2.25. The van der Waals surface area contributed by atoms with Crippen LogP contribution in [0.1, 0.15) is 41.4 Å². The molecular weight excluding hydrogens is 454 g/mol. The number of ketones is 1. The van der Waals surface area contributed by atoms with Crippen LogP contribution in [-0.2, 0) is 20.9 Å². The second kappa shape index (κ2) is 10.8. The van der Waals surface area contributed by atoms with E-state index in [-0.39, 0.29) is 5.56 Å². The number of carbonyl (C=O) groups excluding carboxylic acids is 1. The van der Waals surface area contributed by atoms with Gasteiger partial charge in [0.25, 0.3) is 10.1 Å². The molecule has 0 radical (unpaired) electrons. The molecule has 0 saturated heterocycles. The van der Waals surface area contributed by atoms with E-state index in [9.17, 15) is 13.2 Å². The molecule has 0 aliphatic rings. The Morgan fingerprint density at radius 1 is 0.941 bits per heavy atom. The summed E-state index contributed by atoms with van der Waals surface area (Å²) in [4.78, 5) is 13.4. The van der Waals surface area contributed by atoms with Gasteiger partial charge in [-0.3, -0.25) is 10.1 Å². The van der Waals surface area contributed by atoms with Crippen LogP contribution < -0.4 is 14.8 Å². The molecule has 3 aromatic rings. The van der Waals surface area contributed by atoms with Gasteiger partial charge in [-0.15, -0.1) is 0 Å². The number of carbonyl (C=O) groups is 1. The molecule has 0 aliphatic heterocycles. The van der Waals surface area contributed by atoms with E-state index in [4.69, 9.17) is 13.7 Å². The minimum absolute atomic E-state index is 0.285. The highest BCUT2D eigenvalue weighted by Gasteiger charge is 2.40. The van der Waals surface area contributed by atoms with Gasteiger partial charge in [-0.1, -0.05) is 42.5 Å². The molecule has 1 N–H and O–H groups in total. The molecule has 0 fully saturated rings. The van der Waals surface area contributed by atoms with E-state index in [0.29, 0.717) is 18.1 Å². The van der Waals surface area contributed by atoms with E-state index in [1.165, 1.54) is 6.92 Å². The third kappa shape index (κ3) is 6.90. The zero-order valence-electron chi connectivity index (χ0n) is 19.6. The number of rotatable bonds is 11. The average molecular weight is 484 g/mol. The molecule has 3 aromatic carbocycles. The average Bonchev–Trinajstić information content (AvgIpc) is 2.82. The number of ether oxygens (including phenoxy) is 2. The zero-order chi connectivity index (χ0) is 24.8. The van der Waals surface area contributed by atoms with Gasteiger partial charge in [0.05, 0.1) is 13.4 Å². The van der Waals surface area contributed by atoms with Crippen LogP contribution in [0.2, 0.25) is 0 Å². The molecule has 0 unspecified atom stereocenters. The van der Waals surface area contributed by atoms with Crippen molar-refractivity contribution in [2.45, 2.75) is 32.2 Å². The highest BCUT2D eigenvalue weighted by molar-refractivity contribution is 7.86. The predicted molar refractivity (Wildman–Crippen MR) is 130 cm³/mol. The Morgan fingerprint density at radius 3 is 2.09 bits per heavy atom. The molecule has 0 amide bonds. The van der Waals surface area contributed by atoms with Crippen LogP contribution in [0.15, 0.2) is 78.9 Å². The summed E-state index contributed by atoms with van der Waals surface area (Å²) in [6.07, 6.45) is 0.915.